The largest absolute Gasteiger partial charge is 0.469 e. The lowest BCUT2D eigenvalue weighted by Crippen LogP contribution is -2.29. The van der Waals surface area contributed by atoms with E-state index in [4.69, 9.17) is 19.3 Å². The molecule has 1 saturated carbocycles. The van der Waals surface area contributed by atoms with Crippen LogP contribution in [-0.4, -0.2) is 69.2 Å². The van der Waals surface area contributed by atoms with Gasteiger partial charge in [-0.15, -0.1) is 0 Å². The highest BCUT2D eigenvalue weighted by Crippen LogP contribution is 2.36. The van der Waals surface area contributed by atoms with Crippen LogP contribution in [-0.2, 0) is 32.9 Å². The lowest BCUT2D eigenvalue weighted by atomic mass is 9.90. The predicted octanol–water partition coefficient (Wildman–Crippen LogP) is 7.68. The second kappa shape index (κ2) is 27.7. The highest BCUT2D eigenvalue weighted by molar-refractivity contribution is 7.46. The van der Waals surface area contributed by atoms with Crippen molar-refractivity contribution < 1.29 is 52.9 Å². The molecule has 0 aromatic carbocycles. The Hall–Kier alpha value is -1.88. The van der Waals surface area contributed by atoms with Gasteiger partial charge in [-0.05, 0) is 38.0 Å². The van der Waals surface area contributed by atoms with Crippen LogP contribution in [0.5, 0.6) is 0 Å². The molecule has 0 radical (unpaired) electrons. The van der Waals surface area contributed by atoms with E-state index in [0.717, 1.165) is 44.4 Å². The van der Waals surface area contributed by atoms with Crippen molar-refractivity contribution in [2.24, 2.45) is 17.8 Å². The molecule has 1 aliphatic carbocycles. The highest BCUT2D eigenvalue weighted by atomic mass is 31.2. The maximum absolute atomic E-state index is 12.5. The molecule has 0 bridgehead atoms. The standard InChI is InChI=1S/C38H67O11P/c1-4-5-15-21-31(39)25-26-34-33(35(40)27-36(34)41)22-17-13-14-18-23-37(42)47-28-32(29-48-50(44,45)46)49-38(43)24-19-12-10-8-6-7-9-11-16-20-30(2)3/h13,17,25-26,30-34,36,39,41H,4-12,14-16,18-24,27-29H2,1-3H3,(H2,44,45,46)/b17-13-,26-25+/t31-,32+,33+,34+,36+/m0/s1. The summed E-state index contributed by atoms with van der Waals surface area (Å²) < 4.78 is 26.2. The number of aliphatic hydroxyl groups is 2. The van der Waals surface area contributed by atoms with E-state index in [1.807, 2.05) is 12.2 Å². The third kappa shape index (κ3) is 24.3. The second-order valence-electron chi connectivity index (χ2n) is 14.2. The van der Waals surface area contributed by atoms with Gasteiger partial charge in [-0.25, -0.2) is 4.57 Å². The van der Waals surface area contributed by atoms with Gasteiger partial charge in [-0.1, -0.05) is 122 Å². The fourth-order valence-electron chi connectivity index (χ4n) is 6.07. The molecule has 290 valence electrons. The zero-order valence-electron chi connectivity index (χ0n) is 30.9. The van der Waals surface area contributed by atoms with Crippen LogP contribution < -0.4 is 0 Å². The number of hydrogen-bond acceptors (Lipinski definition) is 9. The van der Waals surface area contributed by atoms with Gasteiger partial charge in [0.1, 0.15) is 12.4 Å². The first-order chi connectivity index (χ1) is 23.8. The topological polar surface area (TPSA) is 177 Å². The summed E-state index contributed by atoms with van der Waals surface area (Å²) in [6.07, 6.45) is 21.4. The number of aliphatic hydroxyl groups excluding tert-OH is 2. The number of phosphoric ester groups is 1. The van der Waals surface area contributed by atoms with Crippen molar-refractivity contribution in [1.29, 1.82) is 0 Å². The van der Waals surface area contributed by atoms with Crippen LogP contribution >= 0.6 is 7.82 Å². The maximum Gasteiger partial charge on any atom is 0.469 e. The molecule has 1 rings (SSSR count). The smallest absolute Gasteiger partial charge is 0.462 e. The maximum atomic E-state index is 12.5. The molecule has 1 aliphatic rings. The molecule has 12 heteroatoms. The zero-order chi connectivity index (χ0) is 37.2. The average Bonchev–Trinajstić information content (AvgIpc) is 3.32. The molecule has 1 fully saturated rings. The van der Waals surface area contributed by atoms with Crippen LogP contribution in [0.15, 0.2) is 24.3 Å². The Balaban J connectivity index is 2.35. The SMILES string of the molecule is CCCCC[C@H](O)/C=C/[C@H]1[C@H](O)CC(=O)[C@@H]1C/C=C\CCCC(=O)OC[C@H](COP(=O)(O)O)OC(=O)CCCCCCCCCCCC(C)C. The number of ketones is 1. The highest BCUT2D eigenvalue weighted by Gasteiger charge is 2.39. The summed E-state index contributed by atoms with van der Waals surface area (Å²) in [5.74, 6) is -1.03. The van der Waals surface area contributed by atoms with Gasteiger partial charge in [-0.3, -0.25) is 18.9 Å². The number of esters is 2. The van der Waals surface area contributed by atoms with E-state index in [1.165, 1.54) is 38.5 Å². The number of carbonyl (C=O) groups excluding carboxylic acids is 3. The van der Waals surface area contributed by atoms with Gasteiger partial charge in [0.05, 0.1) is 18.8 Å². The molecule has 0 aliphatic heterocycles. The van der Waals surface area contributed by atoms with Crippen LogP contribution in [0.2, 0.25) is 0 Å². The summed E-state index contributed by atoms with van der Waals surface area (Å²) in [6.45, 7) is 5.61. The minimum absolute atomic E-state index is 0.00703. The quantitative estimate of drug-likeness (QED) is 0.0247. The van der Waals surface area contributed by atoms with Crippen molar-refractivity contribution in [3.63, 3.8) is 0 Å². The van der Waals surface area contributed by atoms with Gasteiger partial charge < -0.3 is 29.5 Å². The molecule has 0 aromatic rings. The Morgan fingerprint density at radius 1 is 0.860 bits per heavy atom. The third-order valence-electron chi connectivity index (χ3n) is 9.02. The normalized spacial score (nSPS) is 19.5. The summed E-state index contributed by atoms with van der Waals surface area (Å²) in [4.78, 5) is 55.3. The van der Waals surface area contributed by atoms with Crippen LogP contribution in [0.1, 0.15) is 149 Å². The molecule has 0 aromatic heterocycles. The average molecular weight is 731 g/mol. The minimum atomic E-state index is -4.81. The lowest BCUT2D eigenvalue weighted by Gasteiger charge is -2.18. The third-order valence-corrected chi connectivity index (χ3v) is 9.50. The van der Waals surface area contributed by atoms with E-state index in [-0.39, 0.29) is 43.5 Å². The first-order valence-electron chi connectivity index (χ1n) is 19.1. The molecule has 0 unspecified atom stereocenters. The first-order valence-corrected chi connectivity index (χ1v) is 20.6. The molecular formula is C38H67O11P. The molecule has 11 nitrogen and oxygen atoms in total. The molecule has 50 heavy (non-hydrogen) atoms. The zero-order valence-corrected chi connectivity index (χ0v) is 31.8. The number of ether oxygens (including phenoxy) is 2. The summed E-state index contributed by atoms with van der Waals surface area (Å²) >= 11 is 0. The van der Waals surface area contributed by atoms with Gasteiger partial charge in [0.2, 0.25) is 0 Å². The monoisotopic (exact) mass is 730 g/mol. The Bertz CT molecular complexity index is 1040. The first kappa shape index (κ1) is 46.1. The van der Waals surface area contributed by atoms with Crippen LogP contribution in [0.3, 0.4) is 0 Å². The van der Waals surface area contributed by atoms with Crippen LogP contribution in [0.25, 0.3) is 0 Å². The van der Waals surface area contributed by atoms with Gasteiger partial charge >= 0.3 is 19.8 Å². The van der Waals surface area contributed by atoms with Gasteiger partial charge in [0.25, 0.3) is 0 Å². The minimum Gasteiger partial charge on any atom is -0.462 e. The van der Waals surface area contributed by atoms with Crippen molar-refractivity contribution in [3.05, 3.63) is 24.3 Å². The second-order valence-corrected chi connectivity index (χ2v) is 15.4. The summed E-state index contributed by atoms with van der Waals surface area (Å²) in [7, 11) is -4.81. The molecular weight excluding hydrogens is 663 g/mol. The molecule has 4 N–H and O–H groups in total. The molecule has 0 spiro atoms. The molecule has 0 saturated heterocycles. The summed E-state index contributed by atoms with van der Waals surface area (Å²) in [5.41, 5.74) is 0. The van der Waals surface area contributed by atoms with E-state index in [1.54, 1.807) is 12.2 Å². The fraction of sp³-hybridized carbons (Fsp3) is 0.816. The van der Waals surface area contributed by atoms with Crippen molar-refractivity contribution in [2.45, 2.75) is 167 Å². The van der Waals surface area contributed by atoms with E-state index < -0.39 is 44.7 Å². The van der Waals surface area contributed by atoms with Crippen molar-refractivity contribution in [2.75, 3.05) is 13.2 Å². The number of Topliss-reactive ketones (excluding diaryl/α,β-unsaturated/α-hetero) is 1. The molecule has 5 atom stereocenters. The molecule has 0 heterocycles. The summed E-state index contributed by atoms with van der Waals surface area (Å²) in [5, 5.41) is 20.6. The Morgan fingerprint density at radius 3 is 2.12 bits per heavy atom. The predicted molar refractivity (Wildman–Crippen MR) is 194 cm³/mol. The van der Waals surface area contributed by atoms with E-state index in [2.05, 4.69) is 25.3 Å². The number of carbonyl (C=O) groups is 3. The number of allylic oxidation sites excluding steroid dienone is 2. The Morgan fingerprint density at radius 2 is 1.48 bits per heavy atom. The van der Waals surface area contributed by atoms with Crippen molar-refractivity contribution in [1.82, 2.24) is 0 Å². The van der Waals surface area contributed by atoms with E-state index in [9.17, 15) is 29.2 Å². The van der Waals surface area contributed by atoms with Crippen molar-refractivity contribution >= 4 is 25.5 Å². The number of hydrogen-bond donors (Lipinski definition) is 4. The van der Waals surface area contributed by atoms with Crippen molar-refractivity contribution in [3.8, 4) is 0 Å². The van der Waals surface area contributed by atoms with E-state index >= 15 is 0 Å². The van der Waals surface area contributed by atoms with Gasteiger partial charge in [0, 0.05) is 31.1 Å². The number of rotatable bonds is 30. The summed E-state index contributed by atoms with van der Waals surface area (Å²) in [6, 6.07) is 0. The van der Waals surface area contributed by atoms with Gasteiger partial charge in [0.15, 0.2) is 6.10 Å². The Kier molecular flexibility index (Phi) is 25.6. The number of phosphoric acid groups is 1. The molecule has 0 amide bonds. The van der Waals surface area contributed by atoms with E-state index in [0.29, 0.717) is 32.1 Å². The fourth-order valence-corrected chi connectivity index (χ4v) is 6.43. The number of unbranched alkanes of at least 4 members (excludes halogenated alkanes) is 11. The van der Waals surface area contributed by atoms with Crippen LogP contribution in [0, 0.1) is 17.8 Å². The Labute approximate surface area is 300 Å². The van der Waals surface area contributed by atoms with Crippen LogP contribution in [0.4, 0.5) is 0 Å². The van der Waals surface area contributed by atoms with Gasteiger partial charge in [-0.2, -0.15) is 0 Å². The lowest BCUT2D eigenvalue weighted by molar-refractivity contribution is -0.161.